The van der Waals surface area contributed by atoms with Gasteiger partial charge in [0.1, 0.15) is 0 Å². The number of aliphatic hydroxyl groups excluding tert-OH is 1. The predicted molar refractivity (Wildman–Crippen MR) is 80.2 cm³/mol. The Kier molecular flexibility index (Phi) is 5.00. The molecule has 0 amide bonds. The number of hydrogen-bond donors (Lipinski definition) is 2. The molecule has 2 nitrogen and oxygen atoms in total. The number of nitrogens with one attached hydrogen (secondary N) is 1. The molecule has 1 aliphatic rings. The van der Waals surface area contributed by atoms with Crippen LogP contribution in [0.1, 0.15) is 45.1 Å². The summed E-state index contributed by atoms with van der Waals surface area (Å²) >= 11 is 0. The van der Waals surface area contributed by atoms with Crippen molar-refractivity contribution < 1.29 is 5.11 Å². The molecule has 1 aromatic rings. The molecule has 2 rings (SSSR count). The van der Waals surface area contributed by atoms with E-state index in [1.165, 1.54) is 31.2 Å². The summed E-state index contributed by atoms with van der Waals surface area (Å²) in [6.45, 7) is 4.93. The molecule has 2 heteroatoms. The number of rotatable bonds is 5. The Labute approximate surface area is 117 Å². The molecule has 0 saturated heterocycles. The van der Waals surface area contributed by atoms with Crippen molar-refractivity contribution in [1.82, 2.24) is 5.32 Å². The molecule has 2 N–H and O–H groups in total. The van der Waals surface area contributed by atoms with Gasteiger partial charge in [-0.2, -0.15) is 0 Å². The third-order valence-electron chi connectivity index (χ3n) is 4.36. The largest absolute Gasteiger partial charge is 0.395 e. The zero-order valence-corrected chi connectivity index (χ0v) is 12.2. The van der Waals surface area contributed by atoms with Crippen LogP contribution in [0.25, 0.3) is 0 Å². The van der Waals surface area contributed by atoms with E-state index in [0.29, 0.717) is 11.5 Å². The van der Waals surface area contributed by atoms with E-state index in [9.17, 15) is 5.11 Å². The predicted octanol–water partition coefficient (Wildman–Crippen LogP) is 3.15. The minimum atomic E-state index is 0.189. The van der Waals surface area contributed by atoms with Crippen LogP contribution in [0.2, 0.25) is 0 Å². The van der Waals surface area contributed by atoms with Crippen molar-refractivity contribution in [2.75, 3.05) is 6.61 Å². The lowest BCUT2D eigenvalue weighted by Crippen LogP contribution is -2.44. The van der Waals surface area contributed by atoms with Crippen LogP contribution in [-0.4, -0.2) is 23.8 Å². The summed E-state index contributed by atoms with van der Waals surface area (Å²) in [6, 6.07) is 11.2. The Morgan fingerprint density at radius 3 is 2.42 bits per heavy atom. The van der Waals surface area contributed by atoms with Gasteiger partial charge in [0.05, 0.1) is 6.61 Å². The Balaban J connectivity index is 1.83. The molecule has 1 atom stereocenters. The highest BCUT2D eigenvalue weighted by Gasteiger charge is 2.27. The normalized spacial score (nSPS) is 21.2. The quantitative estimate of drug-likeness (QED) is 0.853. The fraction of sp³-hybridized carbons (Fsp3) is 0.647. The zero-order valence-electron chi connectivity index (χ0n) is 12.2. The summed E-state index contributed by atoms with van der Waals surface area (Å²) in [5.41, 5.74) is 1.80. The molecule has 0 aromatic heterocycles. The summed E-state index contributed by atoms with van der Waals surface area (Å²) in [6.07, 6.45) is 5.95. The summed E-state index contributed by atoms with van der Waals surface area (Å²) in [7, 11) is 0. The Bertz CT molecular complexity index is 364. The van der Waals surface area contributed by atoms with Crippen LogP contribution in [0, 0.1) is 5.41 Å². The summed E-state index contributed by atoms with van der Waals surface area (Å²) in [5.74, 6) is 0. The lowest BCUT2D eigenvalue weighted by Gasteiger charge is -2.36. The summed E-state index contributed by atoms with van der Waals surface area (Å²) < 4.78 is 0. The second kappa shape index (κ2) is 6.53. The molecule has 1 unspecified atom stereocenters. The number of hydrogen-bond acceptors (Lipinski definition) is 2. The van der Waals surface area contributed by atoms with Crippen LogP contribution in [-0.2, 0) is 6.42 Å². The van der Waals surface area contributed by atoms with Gasteiger partial charge in [-0.05, 0) is 43.1 Å². The van der Waals surface area contributed by atoms with Gasteiger partial charge in [-0.25, -0.2) is 0 Å². The van der Waals surface area contributed by atoms with Crippen molar-refractivity contribution in [2.45, 2.75) is 58.0 Å². The third-order valence-corrected chi connectivity index (χ3v) is 4.36. The van der Waals surface area contributed by atoms with E-state index < -0.39 is 0 Å². The molecule has 1 aliphatic carbocycles. The molecule has 0 spiro atoms. The van der Waals surface area contributed by atoms with Crippen LogP contribution in [0.3, 0.4) is 0 Å². The standard InChI is InChI=1S/C17H27NO/c1-17(2)10-8-15(9-11-17)18-16(13-19)12-14-6-4-3-5-7-14/h3-7,15-16,18-19H,8-13H2,1-2H3. The van der Waals surface area contributed by atoms with Gasteiger partial charge in [-0.3, -0.25) is 0 Å². The van der Waals surface area contributed by atoms with Crippen LogP contribution in [0.15, 0.2) is 30.3 Å². The van der Waals surface area contributed by atoms with E-state index in [0.717, 1.165) is 6.42 Å². The number of aliphatic hydroxyl groups is 1. The fourth-order valence-electron chi connectivity index (χ4n) is 2.97. The fourth-order valence-corrected chi connectivity index (χ4v) is 2.97. The molecule has 1 aromatic carbocycles. The second-order valence-electron chi connectivity index (χ2n) is 6.67. The van der Waals surface area contributed by atoms with Gasteiger partial charge >= 0.3 is 0 Å². The average Bonchev–Trinajstić information content (AvgIpc) is 2.41. The van der Waals surface area contributed by atoms with E-state index in [4.69, 9.17) is 0 Å². The van der Waals surface area contributed by atoms with E-state index in [2.05, 4.69) is 43.4 Å². The smallest absolute Gasteiger partial charge is 0.0587 e. The van der Waals surface area contributed by atoms with Gasteiger partial charge in [0.15, 0.2) is 0 Å². The van der Waals surface area contributed by atoms with Crippen molar-refractivity contribution in [3.05, 3.63) is 35.9 Å². The Morgan fingerprint density at radius 2 is 1.84 bits per heavy atom. The second-order valence-corrected chi connectivity index (χ2v) is 6.67. The van der Waals surface area contributed by atoms with Gasteiger partial charge in [-0.15, -0.1) is 0 Å². The first kappa shape index (κ1) is 14.5. The van der Waals surface area contributed by atoms with Gasteiger partial charge in [-0.1, -0.05) is 44.2 Å². The molecule has 106 valence electrons. The van der Waals surface area contributed by atoms with Crippen LogP contribution in [0.5, 0.6) is 0 Å². The molecule has 0 bridgehead atoms. The monoisotopic (exact) mass is 261 g/mol. The average molecular weight is 261 g/mol. The molecular formula is C17H27NO. The lowest BCUT2D eigenvalue weighted by atomic mass is 9.75. The van der Waals surface area contributed by atoms with E-state index in [1.54, 1.807) is 0 Å². The van der Waals surface area contributed by atoms with E-state index in [-0.39, 0.29) is 12.6 Å². The van der Waals surface area contributed by atoms with Crippen molar-refractivity contribution in [3.8, 4) is 0 Å². The molecule has 1 saturated carbocycles. The molecule has 0 aliphatic heterocycles. The molecule has 0 heterocycles. The highest BCUT2D eigenvalue weighted by molar-refractivity contribution is 5.16. The van der Waals surface area contributed by atoms with E-state index >= 15 is 0 Å². The zero-order chi connectivity index (χ0) is 13.7. The van der Waals surface area contributed by atoms with Crippen LogP contribution in [0.4, 0.5) is 0 Å². The first-order valence-electron chi connectivity index (χ1n) is 7.50. The van der Waals surface area contributed by atoms with Gasteiger partial charge in [0.25, 0.3) is 0 Å². The first-order valence-corrected chi connectivity index (χ1v) is 7.50. The maximum atomic E-state index is 9.56. The van der Waals surface area contributed by atoms with Crippen LogP contribution < -0.4 is 5.32 Å². The van der Waals surface area contributed by atoms with Crippen molar-refractivity contribution in [3.63, 3.8) is 0 Å². The van der Waals surface area contributed by atoms with Crippen molar-refractivity contribution in [2.24, 2.45) is 5.41 Å². The Morgan fingerprint density at radius 1 is 1.21 bits per heavy atom. The van der Waals surface area contributed by atoms with E-state index in [1.807, 2.05) is 6.07 Å². The molecular weight excluding hydrogens is 234 g/mol. The van der Waals surface area contributed by atoms with Crippen molar-refractivity contribution >= 4 is 0 Å². The maximum Gasteiger partial charge on any atom is 0.0587 e. The van der Waals surface area contributed by atoms with Crippen molar-refractivity contribution in [1.29, 1.82) is 0 Å². The SMILES string of the molecule is CC1(C)CCC(NC(CO)Cc2ccccc2)CC1. The lowest BCUT2D eigenvalue weighted by molar-refractivity contribution is 0.174. The van der Waals surface area contributed by atoms with Gasteiger partial charge < -0.3 is 10.4 Å². The third kappa shape index (κ3) is 4.63. The maximum absolute atomic E-state index is 9.56. The van der Waals surface area contributed by atoms with Gasteiger partial charge in [0.2, 0.25) is 0 Å². The minimum absolute atomic E-state index is 0.189. The number of benzene rings is 1. The summed E-state index contributed by atoms with van der Waals surface area (Å²) in [4.78, 5) is 0. The van der Waals surface area contributed by atoms with Crippen LogP contribution >= 0.6 is 0 Å². The molecule has 0 radical (unpaired) electrons. The Hall–Kier alpha value is -0.860. The molecule has 19 heavy (non-hydrogen) atoms. The molecule has 1 fully saturated rings. The minimum Gasteiger partial charge on any atom is -0.395 e. The van der Waals surface area contributed by atoms with Gasteiger partial charge in [0, 0.05) is 12.1 Å². The highest BCUT2D eigenvalue weighted by Crippen LogP contribution is 2.35. The first-order chi connectivity index (χ1) is 9.09. The topological polar surface area (TPSA) is 32.3 Å². The summed E-state index contributed by atoms with van der Waals surface area (Å²) in [5, 5.41) is 13.2. The highest BCUT2D eigenvalue weighted by atomic mass is 16.3.